The molecule has 0 unspecified atom stereocenters. The second kappa shape index (κ2) is 8.48. The Morgan fingerprint density at radius 1 is 0.964 bits per heavy atom. The van der Waals surface area contributed by atoms with Gasteiger partial charge >= 0.3 is 0 Å². The maximum absolute atomic E-state index is 13.0. The molecule has 0 aliphatic heterocycles. The van der Waals surface area contributed by atoms with E-state index in [1.165, 1.54) is 12.3 Å². The average molecular weight is 373 g/mol. The fraction of sp³-hybridized carbons (Fsp3) is 0.174. The van der Waals surface area contributed by atoms with Crippen molar-refractivity contribution in [1.82, 2.24) is 4.98 Å². The van der Waals surface area contributed by atoms with Gasteiger partial charge in [0.25, 0.3) is 11.8 Å². The van der Waals surface area contributed by atoms with Gasteiger partial charge in [-0.15, -0.1) is 0 Å². The van der Waals surface area contributed by atoms with Crippen molar-refractivity contribution < 1.29 is 9.59 Å². The van der Waals surface area contributed by atoms with Crippen LogP contribution in [0.1, 0.15) is 38.9 Å². The summed E-state index contributed by atoms with van der Waals surface area (Å²) >= 11 is 0. The summed E-state index contributed by atoms with van der Waals surface area (Å²) in [4.78, 5) is 31.4. The molecule has 1 heterocycles. The standard InChI is InChI=1S/C23H23N3O2/c1-4-26(20-10-6-8-17(3)14-20)23(28)18-11-12-24-21(15-18)22(27)25-19-9-5-7-16(2)13-19/h5-15H,4H2,1-3H3,(H,25,27). The predicted molar refractivity (Wildman–Crippen MR) is 112 cm³/mol. The first-order valence-corrected chi connectivity index (χ1v) is 9.20. The first kappa shape index (κ1) is 19.3. The summed E-state index contributed by atoms with van der Waals surface area (Å²) in [6.07, 6.45) is 1.49. The highest BCUT2D eigenvalue weighted by atomic mass is 16.2. The fourth-order valence-electron chi connectivity index (χ4n) is 3.00. The number of rotatable bonds is 5. The molecular weight excluding hydrogens is 350 g/mol. The van der Waals surface area contributed by atoms with Crippen LogP contribution in [0.3, 0.4) is 0 Å². The molecular formula is C23H23N3O2. The van der Waals surface area contributed by atoms with Crippen molar-refractivity contribution in [3.05, 3.63) is 89.2 Å². The maximum Gasteiger partial charge on any atom is 0.274 e. The number of anilines is 2. The number of nitrogens with one attached hydrogen (secondary N) is 1. The van der Waals surface area contributed by atoms with Crippen LogP contribution in [0.5, 0.6) is 0 Å². The van der Waals surface area contributed by atoms with Gasteiger partial charge in [-0.25, -0.2) is 0 Å². The molecule has 0 radical (unpaired) electrons. The smallest absolute Gasteiger partial charge is 0.274 e. The summed E-state index contributed by atoms with van der Waals surface area (Å²) < 4.78 is 0. The predicted octanol–water partition coefficient (Wildman–Crippen LogP) is 4.62. The summed E-state index contributed by atoms with van der Waals surface area (Å²) in [7, 11) is 0. The highest BCUT2D eigenvalue weighted by molar-refractivity contribution is 6.08. The molecule has 0 atom stereocenters. The molecule has 5 nitrogen and oxygen atoms in total. The molecule has 3 aromatic rings. The fourth-order valence-corrected chi connectivity index (χ4v) is 3.00. The van der Waals surface area contributed by atoms with E-state index in [0.717, 1.165) is 16.8 Å². The van der Waals surface area contributed by atoms with E-state index in [1.54, 1.807) is 11.0 Å². The van der Waals surface area contributed by atoms with Gasteiger partial charge in [0.1, 0.15) is 5.69 Å². The Kier molecular flexibility index (Phi) is 5.84. The molecule has 0 aliphatic rings. The van der Waals surface area contributed by atoms with Crippen molar-refractivity contribution in [2.45, 2.75) is 20.8 Å². The molecule has 1 N–H and O–H groups in total. The topological polar surface area (TPSA) is 62.3 Å². The lowest BCUT2D eigenvalue weighted by Crippen LogP contribution is -2.31. The summed E-state index contributed by atoms with van der Waals surface area (Å²) in [5.74, 6) is -0.515. The minimum atomic E-state index is -0.348. The van der Waals surface area contributed by atoms with Crippen LogP contribution in [-0.4, -0.2) is 23.3 Å². The summed E-state index contributed by atoms with van der Waals surface area (Å²) in [6.45, 7) is 6.39. The van der Waals surface area contributed by atoms with Gasteiger partial charge in [-0.2, -0.15) is 0 Å². The number of carbonyl (C=O) groups excluding carboxylic acids is 2. The van der Waals surface area contributed by atoms with Crippen LogP contribution in [-0.2, 0) is 0 Å². The van der Waals surface area contributed by atoms with E-state index in [0.29, 0.717) is 17.8 Å². The molecule has 0 saturated heterocycles. The van der Waals surface area contributed by atoms with Gasteiger partial charge in [0, 0.05) is 29.7 Å². The van der Waals surface area contributed by atoms with E-state index in [4.69, 9.17) is 0 Å². The average Bonchev–Trinajstić information content (AvgIpc) is 2.68. The van der Waals surface area contributed by atoms with Crippen molar-refractivity contribution in [3.63, 3.8) is 0 Å². The highest BCUT2D eigenvalue weighted by Gasteiger charge is 2.18. The van der Waals surface area contributed by atoms with E-state index < -0.39 is 0 Å². The van der Waals surface area contributed by atoms with Gasteiger partial charge in [0.2, 0.25) is 0 Å². The zero-order valence-electron chi connectivity index (χ0n) is 16.3. The van der Waals surface area contributed by atoms with Crippen LogP contribution >= 0.6 is 0 Å². The van der Waals surface area contributed by atoms with Crippen LogP contribution < -0.4 is 10.2 Å². The largest absolute Gasteiger partial charge is 0.321 e. The van der Waals surface area contributed by atoms with E-state index in [9.17, 15) is 9.59 Å². The Bertz CT molecular complexity index is 1010. The molecule has 2 amide bonds. The Balaban J connectivity index is 1.83. The summed E-state index contributed by atoms with van der Waals surface area (Å²) in [5.41, 5.74) is 4.28. The van der Waals surface area contributed by atoms with Gasteiger partial charge in [-0.05, 0) is 68.3 Å². The third-order valence-electron chi connectivity index (χ3n) is 4.39. The molecule has 28 heavy (non-hydrogen) atoms. The van der Waals surface area contributed by atoms with Crippen LogP contribution in [0.4, 0.5) is 11.4 Å². The van der Waals surface area contributed by atoms with Gasteiger partial charge in [0.15, 0.2) is 0 Å². The van der Waals surface area contributed by atoms with Crippen molar-refractivity contribution in [3.8, 4) is 0 Å². The monoisotopic (exact) mass is 373 g/mol. The molecule has 3 rings (SSSR count). The van der Waals surface area contributed by atoms with E-state index in [-0.39, 0.29) is 17.5 Å². The van der Waals surface area contributed by atoms with Crippen LogP contribution in [0.25, 0.3) is 0 Å². The van der Waals surface area contributed by atoms with E-state index in [1.807, 2.05) is 69.3 Å². The Labute approximate surface area is 165 Å². The molecule has 0 saturated carbocycles. The maximum atomic E-state index is 13.0. The molecule has 0 spiro atoms. The zero-order valence-corrected chi connectivity index (χ0v) is 16.3. The zero-order chi connectivity index (χ0) is 20.1. The van der Waals surface area contributed by atoms with Gasteiger partial charge in [-0.1, -0.05) is 24.3 Å². The second-order valence-corrected chi connectivity index (χ2v) is 6.64. The number of benzene rings is 2. The number of pyridine rings is 1. The number of hydrogen-bond acceptors (Lipinski definition) is 3. The quantitative estimate of drug-likeness (QED) is 0.710. The van der Waals surface area contributed by atoms with Gasteiger partial charge in [0.05, 0.1) is 0 Å². The first-order chi connectivity index (χ1) is 13.5. The molecule has 142 valence electrons. The third-order valence-corrected chi connectivity index (χ3v) is 4.39. The minimum absolute atomic E-state index is 0.167. The SMILES string of the molecule is CCN(C(=O)c1ccnc(C(=O)Nc2cccc(C)c2)c1)c1cccc(C)c1. The summed E-state index contributed by atoms with van der Waals surface area (Å²) in [6, 6.07) is 18.5. The van der Waals surface area contributed by atoms with Crippen molar-refractivity contribution in [2.75, 3.05) is 16.8 Å². The molecule has 1 aromatic heterocycles. The van der Waals surface area contributed by atoms with Gasteiger partial charge in [-0.3, -0.25) is 14.6 Å². The normalized spacial score (nSPS) is 10.4. The Morgan fingerprint density at radius 2 is 1.68 bits per heavy atom. The third kappa shape index (κ3) is 4.43. The number of aromatic nitrogens is 1. The molecule has 5 heteroatoms. The minimum Gasteiger partial charge on any atom is -0.321 e. The van der Waals surface area contributed by atoms with Crippen molar-refractivity contribution in [1.29, 1.82) is 0 Å². The number of nitrogens with zero attached hydrogens (tertiary/aromatic N) is 2. The second-order valence-electron chi connectivity index (χ2n) is 6.64. The molecule has 0 aliphatic carbocycles. The number of aryl methyl sites for hydroxylation is 2. The molecule has 0 bridgehead atoms. The molecule has 2 aromatic carbocycles. The Morgan fingerprint density at radius 3 is 2.36 bits per heavy atom. The van der Waals surface area contributed by atoms with E-state index >= 15 is 0 Å². The molecule has 0 fully saturated rings. The number of carbonyl (C=O) groups is 2. The first-order valence-electron chi connectivity index (χ1n) is 9.20. The van der Waals surface area contributed by atoms with Crippen LogP contribution in [0.15, 0.2) is 66.9 Å². The van der Waals surface area contributed by atoms with Crippen LogP contribution in [0.2, 0.25) is 0 Å². The van der Waals surface area contributed by atoms with Crippen LogP contribution in [0, 0.1) is 13.8 Å². The van der Waals surface area contributed by atoms with Crippen molar-refractivity contribution >= 4 is 23.2 Å². The van der Waals surface area contributed by atoms with E-state index in [2.05, 4.69) is 10.3 Å². The Hall–Kier alpha value is -3.47. The lowest BCUT2D eigenvalue weighted by Gasteiger charge is -2.21. The lowest BCUT2D eigenvalue weighted by atomic mass is 10.1. The number of amides is 2. The summed E-state index contributed by atoms with van der Waals surface area (Å²) in [5, 5.41) is 2.82. The highest BCUT2D eigenvalue weighted by Crippen LogP contribution is 2.19. The van der Waals surface area contributed by atoms with Gasteiger partial charge < -0.3 is 10.2 Å². The number of hydrogen-bond donors (Lipinski definition) is 1. The van der Waals surface area contributed by atoms with Crippen molar-refractivity contribution in [2.24, 2.45) is 0 Å². The lowest BCUT2D eigenvalue weighted by molar-refractivity contribution is 0.0988.